The van der Waals surface area contributed by atoms with Crippen molar-refractivity contribution in [3.8, 4) is 0 Å². The first-order valence-corrected chi connectivity index (χ1v) is 6.26. The van der Waals surface area contributed by atoms with Gasteiger partial charge in [0.15, 0.2) is 0 Å². The molecule has 0 atom stereocenters. The summed E-state index contributed by atoms with van der Waals surface area (Å²) >= 11 is 0. The van der Waals surface area contributed by atoms with Crippen LogP contribution < -0.4 is 24.8 Å². The van der Waals surface area contributed by atoms with Gasteiger partial charge in [-0.15, -0.1) is 29.5 Å². The molecule has 0 bridgehead atoms. The second-order valence-corrected chi connectivity index (χ2v) is 4.38. The quantitative estimate of drug-likeness (QED) is 0.475. The third-order valence-corrected chi connectivity index (χ3v) is 3.17. The van der Waals surface area contributed by atoms with Gasteiger partial charge in [0, 0.05) is 0 Å². The molecule has 104 valence electrons. The number of fused-ring (bicyclic) bond motifs is 3. The summed E-state index contributed by atoms with van der Waals surface area (Å²) in [7, 11) is 0. The van der Waals surface area contributed by atoms with E-state index in [1.54, 1.807) is 0 Å². The van der Waals surface area contributed by atoms with E-state index in [0.29, 0.717) is 0 Å². The van der Waals surface area contributed by atoms with Crippen LogP contribution in [-0.4, -0.2) is 0 Å². The minimum Gasteiger partial charge on any atom is -1.00 e. The second kappa shape index (κ2) is 10.2. The molecule has 0 spiro atoms. The third-order valence-electron chi connectivity index (χ3n) is 3.17. The number of rotatable bonds is 0. The Kier molecular flexibility index (Phi) is 9.87. The normalized spacial score (nSPS) is 12.6. The van der Waals surface area contributed by atoms with Crippen LogP contribution in [0.25, 0.3) is 10.8 Å². The average molecular weight is 392 g/mol. The van der Waals surface area contributed by atoms with Gasteiger partial charge in [-0.1, -0.05) is 36.1 Å². The summed E-state index contributed by atoms with van der Waals surface area (Å²) in [6, 6.07) is 12.9. The number of hydrogen-bond acceptors (Lipinski definition) is 0. The molecule has 0 aliphatic heterocycles. The van der Waals surface area contributed by atoms with E-state index >= 15 is 0 Å². The van der Waals surface area contributed by atoms with Gasteiger partial charge >= 0.3 is 26.2 Å². The Bertz CT molecular complexity index is 647. The Hall–Kier alpha value is -0.617. The van der Waals surface area contributed by atoms with E-state index in [4.69, 9.17) is 0 Å². The maximum Gasteiger partial charge on any atom is 4.00 e. The van der Waals surface area contributed by atoms with Gasteiger partial charge in [0.25, 0.3) is 0 Å². The van der Waals surface area contributed by atoms with Crippen LogP contribution >= 0.6 is 0 Å². The van der Waals surface area contributed by atoms with Crippen molar-refractivity contribution in [1.29, 1.82) is 0 Å². The zero-order valence-electron chi connectivity index (χ0n) is 11.4. The summed E-state index contributed by atoms with van der Waals surface area (Å²) in [5, 5.41) is 2.64. The molecule has 2 aromatic rings. The number of halogens is 2. The van der Waals surface area contributed by atoms with Gasteiger partial charge in [0.2, 0.25) is 0 Å². The molecule has 0 saturated heterocycles. The molecule has 0 fully saturated rings. The molecule has 0 nitrogen and oxygen atoms in total. The van der Waals surface area contributed by atoms with E-state index in [2.05, 4.69) is 60.7 Å². The molecule has 4 rings (SSSR count). The van der Waals surface area contributed by atoms with E-state index in [9.17, 15) is 0 Å². The van der Waals surface area contributed by atoms with E-state index < -0.39 is 0 Å². The van der Waals surface area contributed by atoms with E-state index in [1.807, 2.05) is 12.2 Å². The van der Waals surface area contributed by atoms with Crippen LogP contribution in [0.1, 0.15) is 17.5 Å². The standard InChI is InChI=1S/C13H9.C5H5.2ClH.Zr/c1-2-6-12-10(4-1)8-9-11-5-3-7-13(11)12;1-2-4-5-3-1;;;/h1-4,6,8-9H,5H2;1-3H,4H2;2*1H;/q2*-1;;;+4/p-2. The first kappa shape index (κ1) is 20.4. The van der Waals surface area contributed by atoms with Gasteiger partial charge in [0.1, 0.15) is 0 Å². The Morgan fingerprint density at radius 3 is 2.43 bits per heavy atom. The molecule has 2 aliphatic carbocycles. The van der Waals surface area contributed by atoms with Crippen molar-refractivity contribution in [3.05, 3.63) is 84.0 Å². The molecule has 0 aromatic heterocycles. The summed E-state index contributed by atoms with van der Waals surface area (Å²) in [4.78, 5) is 0. The molecule has 2 aromatic carbocycles. The fourth-order valence-corrected chi connectivity index (χ4v) is 2.26. The summed E-state index contributed by atoms with van der Waals surface area (Å²) < 4.78 is 0. The first-order chi connectivity index (χ1) is 8.95. The van der Waals surface area contributed by atoms with Crippen LogP contribution in [-0.2, 0) is 32.6 Å². The molecule has 0 heterocycles. The molecule has 0 unspecified atom stereocenters. The predicted molar refractivity (Wildman–Crippen MR) is 76.1 cm³/mol. The fourth-order valence-electron chi connectivity index (χ4n) is 2.26. The predicted octanol–water partition coefficient (Wildman–Crippen LogP) is -1.59. The van der Waals surface area contributed by atoms with Gasteiger partial charge in [-0.3, -0.25) is 6.08 Å². The summed E-state index contributed by atoms with van der Waals surface area (Å²) in [6.45, 7) is 0. The van der Waals surface area contributed by atoms with Crippen molar-refractivity contribution in [2.75, 3.05) is 0 Å². The molecular weight excluding hydrogens is 378 g/mol. The van der Waals surface area contributed by atoms with Crippen molar-refractivity contribution < 1.29 is 51.0 Å². The fraction of sp³-hybridized carbons (Fsp3) is 0.111. The maximum atomic E-state index is 3.32. The molecule has 21 heavy (non-hydrogen) atoms. The molecule has 3 heteroatoms. The van der Waals surface area contributed by atoms with E-state index in [1.165, 1.54) is 21.9 Å². The van der Waals surface area contributed by atoms with Crippen LogP contribution in [0.3, 0.4) is 0 Å². The van der Waals surface area contributed by atoms with Crippen molar-refractivity contribution in [1.82, 2.24) is 0 Å². The van der Waals surface area contributed by atoms with Crippen LogP contribution in [0.2, 0.25) is 0 Å². The van der Waals surface area contributed by atoms with Gasteiger partial charge in [-0.05, 0) is 0 Å². The van der Waals surface area contributed by atoms with Crippen molar-refractivity contribution in [2.45, 2.75) is 12.8 Å². The molecule has 0 radical (unpaired) electrons. The smallest absolute Gasteiger partial charge is 1.00 e. The zero-order chi connectivity index (χ0) is 12.2. The minimum atomic E-state index is 0. The topological polar surface area (TPSA) is 0 Å². The molecule has 0 saturated carbocycles. The second-order valence-electron chi connectivity index (χ2n) is 4.38. The Morgan fingerprint density at radius 2 is 1.76 bits per heavy atom. The summed E-state index contributed by atoms with van der Waals surface area (Å²) in [5.41, 5.74) is 2.69. The summed E-state index contributed by atoms with van der Waals surface area (Å²) in [6.07, 6.45) is 16.5. The van der Waals surface area contributed by atoms with Crippen LogP contribution in [0.15, 0.2) is 60.7 Å². The Morgan fingerprint density at radius 1 is 0.952 bits per heavy atom. The van der Waals surface area contributed by atoms with E-state index in [0.717, 1.165) is 12.8 Å². The van der Waals surface area contributed by atoms with Gasteiger partial charge in [-0.2, -0.15) is 23.8 Å². The van der Waals surface area contributed by atoms with Crippen LogP contribution in [0.4, 0.5) is 0 Å². The third kappa shape index (κ3) is 4.95. The molecular formula is C18H14Cl2Zr. The molecule has 2 aliphatic rings. The van der Waals surface area contributed by atoms with Crippen molar-refractivity contribution in [3.63, 3.8) is 0 Å². The largest absolute Gasteiger partial charge is 4.00 e. The van der Waals surface area contributed by atoms with Crippen LogP contribution in [0.5, 0.6) is 0 Å². The SMILES string of the molecule is [C-]1=CC=CC1.[C-]1=CCc2ccc3ccccc3c21.[Cl-].[Cl-].[Zr+4]. The number of allylic oxidation sites excluding steroid dienone is 5. The van der Waals surface area contributed by atoms with Gasteiger partial charge in [0.05, 0.1) is 0 Å². The van der Waals surface area contributed by atoms with Crippen molar-refractivity contribution >= 4 is 10.8 Å². The van der Waals surface area contributed by atoms with Gasteiger partial charge in [-0.25, -0.2) is 12.2 Å². The van der Waals surface area contributed by atoms with Gasteiger partial charge < -0.3 is 24.8 Å². The number of benzene rings is 2. The zero-order valence-corrected chi connectivity index (χ0v) is 15.4. The first-order valence-electron chi connectivity index (χ1n) is 6.26. The average Bonchev–Trinajstić information content (AvgIpc) is 3.12. The molecule has 0 N–H and O–H groups in total. The Balaban J connectivity index is 0.000000437. The minimum absolute atomic E-state index is 0. The van der Waals surface area contributed by atoms with Crippen molar-refractivity contribution in [2.24, 2.45) is 0 Å². The van der Waals surface area contributed by atoms with E-state index in [-0.39, 0.29) is 51.0 Å². The number of hydrogen-bond donors (Lipinski definition) is 0. The monoisotopic (exact) mass is 390 g/mol. The Labute approximate surface area is 158 Å². The molecule has 0 amide bonds. The maximum absolute atomic E-state index is 3.32. The van der Waals surface area contributed by atoms with Crippen LogP contribution in [0, 0.1) is 12.2 Å². The summed E-state index contributed by atoms with van der Waals surface area (Å²) in [5.74, 6) is 0.